The third-order valence-corrected chi connectivity index (χ3v) is 5.56. The fraction of sp³-hybridized carbons (Fsp3) is 0.278. The van der Waals surface area contributed by atoms with Gasteiger partial charge < -0.3 is 14.2 Å². The molecule has 0 radical (unpaired) electrons. The molecule has 2 aliphatic heterocycles. The van der Waals surface area contributed by atoms with Crippen LogP contribution in [0.5, 0.6) is 5.75 Å². The predicted octanol–water partition coefficient (Wildman–Crippen LogP) is 3.22. The lowest BCUT2D eigenvalue weighted by Crippen LogP contribution is -2.20. The maximum Gasteiger partial charge on any atom is 0.320 e. The Balaban J connectivity index is 1.49. The molecule has 0 bridgehead atoms. The molecule has 8 heteroatoms. The summed E-state index contributed by atoms with van der Waals surface area (Å²) < 4.78 is 16.1. The second kappa shape index (κ2) is 6.97. The molecule has 26 heavy (non-hydrogen) atoms. The number of hydrogen-bond acceptors (Lipinski definition) is 7. The zero-order chi connectivity index (χ0) is 18.1. The van der Waals surface area contributed by atoms with Gasteiger partial charge in [-0.05, 0) is 18.1 Å². The molecule has 0 amide bonds. The number of fused-ring (bicyclic) bond motifs is 2. The second-order valence-corrected chi connectivity index (χ2v) is 7.23. The molecule has 2 aromatic carbocycles. The topological polar surface area (TPSA) is 87.9 Å². The van der Waals surface area contributed by atoms with Crippen molar-refractivity contribution in [3.63, 3.8) is 0 Å². The van der Waals surface area contributed by atoms with E-state index >= 15 is 0 Å². The highest BCUT2D eigenvalue weighted by atomic mass is 32.2. The Kier molecular flexibility index (Phi) is 4.52. The summed E-state index contributed by atoms with van der Waals surface area (Å²) in [6.07, 6.45) is 0.622. The molecule has 134 valence electrons. The number of benzene rings is 2. The number of rotatable bonds is 4. The van der Waals surface area contributed by atoms with Gasteiger partial charge in [0.05, 0.1) is 11.5 Å². The van der Waals surface area contributed by atoms with E-state index in [4.69, 9.17) is 14.2 Å². The van der Waals surface area contributed by atoms with Crippen molar-refractivity contribution in [1.29, 1.82) is 0 Å². The van der Waals surface area contributed by atoms with Gasteiger partial charge in [0.15, 0.2) is 6.79 Å². The van der Waals surface area contributed by atoms with Crippen LogP contribution in [0.25, 0.3) is 0 Å². The van der Waals surface area contributed by atoms with E-state index in [-0.39, 0.29) is 36.9 Å². The van der Waals surface area contributed by atoms with Gasteiger partial charge in [-0.15, -0.1) is 11.8 Å². The minimum absolute atomic E-state index is 0.0690. The number of nitrogens with zero attached hydrogens (tertiary/aromatic N) is 1. The molecule has 0 saturated heterocycles. The van der Waals surface area contributed by atoms with Crippen LogP contribution in [0.15, 0.2) is 41.3 Å². The number of carbonyl (C=O) groups excluding carboxylic acids is 1. The Morgan fingerprint density at radius 3 is 2.96 bits per heavy atom. The van der Waals surface area contributed by atoms with Crippen molar-refractivity contribution in [1.82, 2.24) is 0 Å². The molecule has 2 aromatic rings. The highest BCUT2D eigenvalue weighted by Gasteiger charge is 2.30. The van der Waals surface area contributed by atoms with Crippen molar-refractivity contribution in [3.8, 4) is 5.75 Å². The summed E-state index contributed by atoms with van der Waals surface area (Å²) in [5, 5.41) is 10.8. The third kappa shape index (κ3) is 3.25. The summed E-state index contributed by atoms with van der Waals surface area (Å²) in [7, 11) is 0. The van der Waals surface area contributed by atoms with Crippen LogP contribution in [0.2, 0.25) is 0 Å². The molecule has 0 spiro atoms. The SMILES string of the molecule is O=C(OCc1cc([N+](=O)[O-])cc2c1OCOC2)C1Cc2ccccc2S1. The van der Waals surface area contributed by atoms with Crippen LogP contribution in [0.1, 0.15) is 16.7 Å². The number of carbonyl (C=O) groups is 1. The van der Waals surface area contributed by atoms with Crippen molar-refractivity contribution in [3.05, 3.63) is 63.2 Å². The molecule has 2 aliphatic rings. The van der Waals surface area contributed by atoms with E-state index in [9.17, 15) is 14.9 Å². The average molecular weight is 373 g/mol. The van der Waals surface area contributed by atoms with Gasteiger partial charge in [0, 0.05) is 28.2 Å². The first-order chi connectivity index (χ1) is 12.6. The standard InChI is InChI=1S/C18H15NO6S/c20-18(16-7-11-3-1-2-4-15(11)26-16)24-9-13-6-14(19(21)22)5-12-8-23-10-25-17(12)13/h1-6,16H,7-10H2. The van der Waals surface area contributed by atoms with Crippen molar-refractivity contribution in [2.24, 2.45) is 0 Å². The molecular formula is C18H15NO6S. The number of nitro groups is 1. The number of nitro benzene ring substituents is 1. The fourth-order valence-electron chi connectivity index (χ4n) is 3.05. The summed E-state index contributed by atoms with van der Waals surface area (Å²) in [5.74, 6) is 0.163. The molecule has 7 nitrogen and oxygen atoms in total. The van der Waals surface area contributed by atoms with E-state index in [1.54, 1.807) is 0 Å². The van der Waals surface area contributed by atoms with Crippen LogP contribution < -0.4 is 4.74 Å². The van der Waals surface area contributed by atoms with Crippen molar-refractivity contribution in [2.75, 3.05) is 6.79 Å². The van der Waals surface area contributed by atoms with Crippen LogP contribution in [0, 0.1) is 10.1 Å². The van der Waals surface area contributed by atoms with Crippen molar-refractivity contribution < 1.29 is 23.9 Å². The molecule has 0 aromatic heterocycles. The first-order valence-electron chi connectivity index (χ1n) is 8.04. The number of esters is 1. The molecule has 1 unspecified atom stereocenters. The summed E-state index contributed by atoms with van der Waals surface area (Å²) in [6.45, 7) is 0.224. The Labute approximate surface area is 153 Å². The first kappa shape index (κ1) is 16.9. The van der Waals surface area contributed by atoms with Gasteiger partial charge in [-0.25, -0.2) is 0 Å². The lowest BCUT2D eigenvalue weighted by Gasteiger charge is -2.20. The minimum Gasteiger partial charge on any atom is -0.467 e. The largest absolute Gasteiger partial charge is 0.467 e. The maximum atomic E-state index is 12.4. The molecule has 2 heterocycles. The smallest absolute Gasteiger partial charge is 0.320 e. The van der Waals surface area contributed by atoms with Crippen molar-refractivity contribution >= 4 is 23.4 Å². The van der Waals surface area contributed by atoms with Gasteiger partial charge in [-0.2, -0.15) is 0 Å². The monoisotopic (exact) mass is 373 g/mol. The third-order valence-electron chi connectivity index (χ3n) is 4.26. The van der Waals surface area contributed by atoms with E-state index in [1.807, 2.05) is 24.3 Å². The summed E-state index contributed by atoms with van der Waals surface area (Å²) in [6, 6.07) is 10.7. The van der Waals surface area contributed by atoms with Crippen LogP contribution >= 0.6 is 11.8 Å². The summed E-state index contributed by atoms with van der Waals surface area (Å²) in [5.41, 5.74) is 2.12. The first-order valence-corrected chi connectivity index (χ1v) is 8.91. The highest BCUT2D eigenvalue weighted by molar-refractivity contribution is 8.01. The molecule has 0 N–H and O–H groups in total. The van der Waals surface area contributed by atoms with Gasteiger partial charge in [-0.3, -0.25) is 14.9 Å². The van der Waals surface area contributed by atoms with Gasteiger partial charge in [-0.1, -0.05) is 18.2 Å². The average Bonchev–Trinajstić information content (AvgIpc) is 3.10. The van der Waals surface area contributed by atoms with Crippen LogP contribution in [-0.4, -0.2) is 22.9 Å². The van der Waals surface area contributed by atoms with Crippen LogP contribution in [-0.2, 0) is 33.9 Å². The van der Waals surface area contributed by atoms with Crippen LogP contribution in [0.3, 0.4) is 0 Å². The molecule has 0 fully saturated rings. The number of thioether (sulfide) groups is 1. The summed E-state index contributed by atoms with van der Waals surface area (Å²) >= 11 is 1.48. The Bertz CT molecular complexity index is 859. The van der Waals surface area contributed by atoms with E-state index in [2.05, 4.69) is 0 Å². The van der Waals surface area contributed by atoms with E-state index in [1.165, 1.54) is 23.9 Å². The van der Waals surface area contributed by atoms with Crippen molar-refractivity contribution in [2.45, 2.75) is 29.8 Å². The predicted molar refractivity (Wildman–Crippen MR) is 93.0 cm³/mol. The lowest BCUT2D eigenvalue weighted by molar-refractivity contribution is -0.385. The van der Waals surface area contributed by atoms with Gasteiger partial charge in [0.1, 0.15) is 17.6 Å². The van der Waals surface area contributed by atoms with E-state index < -0.39 is 4.92 Å². The molecule has 4 rings (SSSR count). The maximum absolute atomic E-state index is 12.4. The van der Waals surface area contributed by atoms with E-state index in [0.29, 0.717) is 23.3 Å². The highest BCUT2D eigenvalue weighted by Crippen LogP contribution is 2.38. The number of ether oxygens (including phenoxy) is 3. The number of non-ortho nitro benzene ring substituents is 1. The summed E-state index contributed by atoms with van der Waals surface area (Å²) in [4.78, 5) is 24.2. The van der Waals surface area contributed by atoms with Crippen LogP contribution in [0.4, 0.5) is 5.69 Å². The van der Waals surface area contributed by atoms with Gasteiger partial charge >= 0.3 is 5.97 Å². The van der Waals surface area contributed by atoms with Gasteiger partial charge in [0.2, 0.25) is 0 Å². The molecule has 1 atom stereocenters. The van der Waals surface area contributed by atoms with E-state index in [0.717, 1.165) is 10.5 Å². The normalized spacial score (nSPS) is 17.8. The molecule has 0 saturated carbocycles. The lowest BCUT2D eigenvalue weighted by atomic mass is 10.1. The fourth-order valence-corrected chi connectivity index (χ4v) is 4.24. The van der Waals surface area contributed by atoms with Gasteiger partial charge in [0.25, 0.3) is 5.69 Å². The Morgan fingerprint density at radius 2 is 2.15 bits per heavy atom. The molecule has 0 aliphatic carbocycles. The Hall–Kier alpha value is -2.58. The Morgan fingerprint density at radius 1 is 1.31 bits per heavy atom. The minimum atomic E-state index is -0.482. The second-order valence-electron chi connectivity index (χ2n) is 5.99. The molecular weight excluding hydrogens is 358 g/mol. The quantitative estimate of drug-likeness (QED) is 0.462. The zero-order valence-corrected chi connectivity index (χ0v) is 14.5. The number of hydrogen-bond donors (Lipinski definition) is 0. The zero-order valence-electron chi connectivity index (χ0n) is 13.7.